The number of hydrogen-bond acceptors (Lipinski definition) is 10. The van der Waals surface area contributed by atoms with Gasteiger partial charge in [-0.15, -0.1) is 5.10 Å². The molecule has 4 fully saturated rings. The number of anilines is 1. The van der Waals surface area contributed by atoms with Crippen LogP contribution in [0.25, 0.3) is 0 Å². The molecule has 8 rings (SSSR count). The second-order valence-electron chi connectivity index (χ2n) is 14.8. The molecule has 2 saturated carbocycles. The van der Waals surface area contributed by atoms with Gasteiger partial charge in [-0.2, -0.15) is 4.98 Å². The van der Waals surface area contributed by atoms with Gasteiger partial charge in [-0.3, -0.25) is 14.7 Å². The molecule has 1 N–H and O–H groups in total. The number of pyridine rings is 1. The molecule has 2 aromatic heterocycles. The molecule has 2 aliphatic carbocycles. The van der Waals surface area contributed by atoms with Crippen LogP contribution in [0.5, 0.6) is 17.5 Å². The first kappa shape index (κ1) is 31.6. The number of carbonyl (C=O) groups excluding carboxylic acids is 1. The normalized spacial score (nSPS) is 22.4. The quantitative estimate of drug-likeness (QED) is 0.337. The van der Waals surface area contributed by atoms with Crippen molar-refractivity contribution in [2.24, 2.45) is 10.8 Å². The second kappa shape index (κ2) is 12.1. The molecule has 5 aliphatic rings. The van der Waals surface area contributed by atoms with Crippen molar-refractivity contribution in [1.82, 2.24) is 35.3 Å². The zero-order valence-corrected chi connectivity index (χ0v) is 28.5. The van der Waals surface area contributed by atoms with Crippen molar-refractivity contribution in [2.75, 3.05) is 44.2 Å². The Kier molecular flexibility index (Phi) is 7.95. The fourth-order valence-corrected chi connectivity index (χ4v) is 8.65. The third kappa shape index (κ3) is 5.65. The fraction of sp³-hybridized carbons (Fsp3) is 0.571. The van der Waals surface area contributed by atoms with Crippen LogP contribution in [-0.4, -0.2) is 93.3 Å². The Labute approximate surface area is 285 Å². The molecule has 0 unspecified atom stereocenters. The highest BCUT2D eigenvalue weighted by atomic mass is 35.5. The average Bonchev–Trinajstić information content (AvgIpc) is 2.98. The molecule has 11 nitrogen and oxygen atoms in total. The van der Waals surface area contributed by atoms with Crippen molar-refractivity contribution in [3.63, 3.8) is 0 Å². The number of halogens is 2. The van der Waals surface area contributed by atoms with Gasteiger partial charge < -0.3 is 24.6 Å². The molecule has 3 aromatic rings. The maximum absolute atomic E-state index is 14.2. The van der Waals surface area contributed by atoms with Gasteiger partial charge in [0.05, 0.1) is 5.56 Å². The number of nitrogens with one attached hydrogen (secondary N) is 1. The smallest absolute Gasteiger partial charge is 0.343 e. The number of amides is 1. The van der Waals surface area contributed by atoms with Crippen molar-refractivity contribution >= 4 is 23.3 Å². The van der Waals surface area contributed by atoms with Gasteiger partial charge in [0.15, 0.2) is 11.0 Å². The fourth-order valence-electron chi connectivity index (χ4n) is 8.45. The van der Waals surface area contributed by atoms with E-state index in [-0.39, 0.29) is 45.9 Å². The lowest BCUT2D eigenvalue weighted by Gasteiger charge is -2.59. The van der Waals surface area contributed by atoms with E-state index in [4.69, 9.17) is 26.1 Å². The number of aromatic nitrogens is 4. The first-order valence-corrected chi connectivity index (χ1v) is 17.5. The Morgan fingerprint density at radius 2 is 1.92 bits per heavy atom. The largest absolute Gasteiger partial charge is 0.490 e. The molecule has 1 amide bonds. The standard InChI is InChI=1S/C35H42ClFN8O3/c1-4-45(21(2)3)32(46)25-11-22(37)5-6-28(25)48-33-40-31(30(36)41-42-33)44-19-35(20-44)14-24(15-35)47-29-7-9-39-27-8-10-43(16-26(27)29)23-12-34(13-23)17-38-18-34/h5-7,9,11,21,23-24,38H,4,8,10,12-20H2,1-3H3. The van der Waals surface area contributed by atoms with Crippen LogP contribution in [0.15, 0.2) is 30.5 Å². The van der Waals surface area contributed by atoms with Crippen molar-refractivity contribution in [3.8, 4) is 17.5 Å². The molecule has 0 atom stereocenters. The Hall–Kier alpha value is -3.61. The van der Waals surface area contributed by atoms with Gasteiger partial charge in [-0.05, 0) is 76.1 Å². The Bertz CT molecular complexity index is 1720. The van der Waals surface area contributed by atoms with Crippen LogP contribution in [0.3, 0.4) is 0 Å². The Morgan fingerprint density at radius 1 is 1.12 bits per heavy atom. The summed E-state index contributed by atoms with van der Waals surface area (Å²) >= 11 is 6.46. The minimum Gasteiger partial charge on any atom is -0.490 e. The molecule has 0 radical (unpaired) electrons. The number of rotatable bonds is 9. The molecule has 5 heterocycles. The predicted molar refractivity (Wildman–Crippen MR) is 178 cm³/mol. The Balaban J connectivity index is 0.892. The third-order valence-corrected chi connectivity index (χ3v) is 11.4. The van der Waals surface area contributed by atoms with Crippen LogP contribution < -0.4 is 19.7 Å². The van der Waals surface area contributed by atoms with Crippen molar-refractivity contribution in [3.05, 3.63) is 58.3 Å². The third-order valence-electron chi connectivity index (χ3n) is 11.1. The minimum absolute atomic E-state index is 0.0589. The zero-order chi connectivity index (χ0) is 33.2. The highest BCUT2D eigenvalue weighted by Gasteiger charge is 2.55. The highest BCUT2D eigenvalue weighted by molar-refractivity contribution is 6.31. The summed E-state index contributed by atoms with van der Waals surface area (Å²) in [6.45, 7) is 12.1. The van der Waals surface area contributed by atoms with Gasteiger partial charge in [0, 0.05) is 87.2 Å². The van der Waals surface area contributed by atoms with E-state index in [1.54, 1.807) is 4.90 Å². The first-order valence-electron chi connectivity index (χ1n) is 17.1. The molecular weight excluding hydrogens is 635 g/mol. The SMILES string of the molecule is CCN(C(=O)c1cc(F)ccc1Oc1nnc(Cl)c(N2CC3(CC(Oc4ccnc5c4CN(C4CC6(CNC6)C4)CC5)C3)C2)n1)C(C)C. The van der Waals surface area contributed by atoms with Gasteiger partial charge in [-0.25, -0.2) is 4.39 Å². The van der Waals surface area contributed by atoms with Crippen molar-refractivity contribution in [1.29, 1.82) is 0 Å². The van der Waals surface area contributed by atoms with E-state index in [1.807, 2.05) is 33.0 Å². The lowest BCUT2D eigenvalue weighted by atomic mass is 9.61. The lowest BCUT2D eigenvalue weighted by molar-refractivity contribution is -0.0449. The van der Waals surface area contributed by atoms with E-state index in [0.29, 0.717) is 23.8 Å². The topological polar surface area (TPSA) is 109 Å². The summed E-state index contributed by atoms with van der Waals surface area (Å²) in [6.07, 6.45) is 7.53. The molecule has 13 heteroatoms. The summed E-state index contributed by atoms with van der Waals surface area (Å²) in [5.74, 6) is 0.748. The average molecular weight is 677 g/mol. The number of nitrogens with zero attached hydrogens (tertiary/aromatic N) is 7. The van der Waals surface area contributed by atoms with Gasteiger partial charge in [0.25, 0.3) is 5.91 Å². The molecule has 2 spiro atoms. The summed E-state index contributed by atoms with van der Waals surface area (Å²) in [5.41, 5.74) is 3.23. The number of benzene rings is 1. The van der Waals surface area contributed by atoms with Crippen LogP contribution in [0.2, 0.25) is 5.15 Å². The summed E-state index contributed by atoms with van der Waals surface area (Å²) in [4.78, 5) is 28.9. The number of carbonyl (C=O) groups is 1. The van der Waals surface area contributed by atoms with Gasteiger partial charge in [0.1, 0.15) is 23.4 Å². The molecule has 3 aliphatic heterocycles. The molecular formula is C35H42ClFN8O3. The zero-order valence-electron chi connectivity index (χ0n) is 27.7. The van der Waals surface area contributed by atoms with E-state index in [9.17, 15) is 9.18 Å². The first-order chi connectivity index (χ1) is 23.1. The maximum atomic E-state index is 14.2. The molecule has 254 valence electrons. The van der Waals surface area contributed by atoms with Crippen LogP contribution in [0, 0.1) is 16.6 Å². The van der Waals surface area contributed by atoms with E-state index >= 15 is 0 Å². The van der Waals surface area contributed by atoms with Gasteiger partial charge >= 0.3 is 6.01 Å². The van der Waals surface area contributed by atoms with Crippen LogP contribution in [-0.2, 0) is 13.0 Å². The second-order valence-corrected chi connectivity index (χ2v) is 15.1. The minimum atomic E-state index is -0.533. The summed E-state index contributed by atoms with van der Waals surface area (Å²) in [6, 6.07) is 6.41. The van der Waals surface area contributed by atoms with Crippen molar-refractivity contribution in [2.45, 2.75) is 77.6 Å². The predicted octanol–water partition coefficient (Wildman–Crippen LogP) is 4.88. The summed E-state index contributed by atoms with van der Waals surface area (Å²) in [7, 11) is 0. The van der Waals surface area contributed by atoms with E-state index < -0.39 is 5.82 Å². The summed E-state index contributed by atoms with van der Waals surface area (Å²) in [5, 5.41) is 11.7. The van der Waals surface area contributed by atoms with Crippen molar-refractivity contribution < 1.29 is 18.7 Å². The Morgan fingerprint density at radius 3 is 2.62 bits per heavy atom. The number of fused-ring (bicyclic) bond motifs is 1. The van der Waals surface area contributed by atoms with Crippen LogP contribution in [0.4, 0.5) is 10.2 Å². The van der Waals surface area contributed by atoms with Crippen LogP contribution in [0.1, 0.15) is 68.1 Å². The molecule has 2 saturated heterocycles. The van der Waals surface area contributed by atoms with Gasteiger partial charge in [-0.1, -0.05) is 16.7 Å². The number of ether oxygens (including phenoxy) is 2. The van der Waals surface area contributed by atoms with Gasteiger partial charge in [0.2, 0.25) is 0 Å². The monoisotopic (exact) mass is 676 g/mol. The van der Waals surface area contributed by atoms with E-state index in [2.05, 4.69) is 30.3 Å². The van der Waals surface area contributed by atoms with E-state index in [0.717, 1.165) is 51.2 Å². The maximum Gasteiger partial charge on any atom is 0.343 e. The molecule has 1 aromatic carbocycles. The number of hydrogen-bond donors (Lipinski definition) is 1. The highest BCUT2D eigenvalue weighted by Crippen LogP contribution is 2.52. The lowest BCUT2D eigenvalue weighted by Crippen LogP contribution is -2.65. The summed E-state index contributed by atoms with van der Waals surface area (Å²) < 4.78 is 26.8. The molecule has 0 bridgehead atoms. The molecule has 48 heavy (non-hydrogen) atoms. The van der Waals surface area contributed by atoms with Crippen LogP contribution >= 0.6 is 11.6 Å². The van der Waals surface area contributed by atoms with E-state index in [1.165, 1.54) is 55.4 Å².